The number of esters is 1. The van der Waals surface area contributed by atoms with E-state index in [0.717, 1.165) is 0 Å². The van der Waals surface area contributed by atoms with Crippen molar-refractivity contribution in [3.63, 3.8) is 0 Å². The van der Waals surface area contributed by atoms with E-state index in [1.54, 1.807) is 6.08 Å². The van der Waals surface area contributed by atoms with Crippen LogP contribution in [0.1, 0.15) is 24.5 Å². The first kappa shape index (κ1) is 17.7. The monoisotopic (exact) mass is 320 g/mol. The summed E-state index contributed by atoms with van der Waals surface area (Å²) in [7, 11) is 1.44. The highest BCUT2D eigenvalue weighted by Gasteiger charge is 2.12. The molecule has 0 spiro atoms. The number of carbonyl (C=O) groups excluding carboxylic acids is 1. The fraction of sp³-hybridized carbons (Fsp3) is 0.227. The van der Waals surface area contributed by atoms with Crippen LogP contribution in [0.2, 0.25) is 0 Å². The Morgan fingerprint density at radius 3 is 1.83 bits per heavy atom. The molecule has 0 saturated carbocycles. The summed E-state index contributed by atoms with van der Waals surface area (Å²) in [5.74, 6) is -0.163. The van der Waals surface area contributed by atoms with E-state index in [0.29, 0.717) is 12.8 Å². The Hall–Kier alpha value is -2.61. The summed E-state index contributed by atoms with van der Waals surface area (Å²) in [4.78, 5) is 11.5. The van der Waals surface area contributed by atoms with Crippen molar-refractivity contribution in [3.8, 4) is 0 Å². The lowest BCUT2D eigenvalue weighted by Crippen LogP contribution is -2.03. The van der Waals surface area contributed by atoms with Crippen molar-refractivity contribution < 1.29 is 9.53 Å². The number of fused-ring (bicyclic) bond motifs is 2. The first-order valence-electron chi connectivity index (χ1n) is 8.16. The van der Waals surface area contributed by atoms with Crippen molar-refractivity contribution in [2.24, 2.45) is 0 Å². The molecule has 24 heavy (non-hydrogen) atoms. The SMILES string of the molecule is C=CC.COC(=O)CCc1c2ccccc2c(C)c2ccccc12. The Balaban J connectivity index is 0.000000647. The predicted molar refractivity (Wildman–Crippen MR) is 102 cm³/mol. The maximum absolute atomic E-state index is 11.5. The van der Waals surface area contributed by atoms with Crippen LogP contribution >= 0.6 is 0 Å². The fourth-order valence-corrected chi connectivity index (χ4v) is 3.04. The van der Waals surface area contributed by atoms with Gasteiger partial charge in [0.25, 0.3) is 0 Å². The van der Waals surface area contributed by atoms with Crippen LogP contribution in [0.15, 0.2) is 61.2 Å². The summed E-state index contributed by atoms with van der Waals surface area (Å²) < 4.78 is 4.78. The second-order valence-corrected chi connectivity index (χ2v) is 5.68. The lowest BCUT2D eigenvalue weighted by molar-refractivity contribution is -0.140. The highest BCUT2D eigenvalue weighted by atomic mass is 16.5. The second kappa shape index (κ2) is 8.30. The summed E-state index contributed by atoms with van der Waals surface area (Å²) >= 11 is 0. The van der Waals surface area contributed by atoms with Crippen LogP contribution in [0.3, 0.4) is 0 Å². The molecular weight excluding hydrogens is 296 g/mol. The van der Waals surface area contributed by atoms with Gasteiger partial charge in [0.1, 0.15) is 0 Å². The summed E-state index contributed by atoms with van der Waals surface area (Å²) in [6.07, 6.45) is 2.86. The third-order valence-electron chi connectivity index (χ3n) is 4.12. The van der Waals surface area contributed by atoms with Crippen molar-refractivity contribution in [3.05, 3.63) is 72.3 Å². The van der Waals surface area contributed by atoms with Gasteiger partial charge in [-0.2, -0.15) is 0 Å². The third-order valence-corrected chi connectivity index (χ3v) is 4.12. The number of ether oxygens (including phenoxy) is 1. The molecule has 0 aliphatic rings. The standard InChI is InChI=1S/C19H18O2.C3H6/c1-13-14-7-3-5-9-16(14)18(11-12-19(20)21-2)17-10-6-4-8-15(13)17;1-3-2/h3-10H,11-12H2,1-2H3;3H,1H2,2H3. The molecule has 0 saturated heterocycles. The van der Waals surface area contributed by atoms with Crippen LogP contribution in [-0.4, -0.2) is 13.1 Å². The lowest BCUT2D eigenvalue weighted by atomic mass is 9.90. The third kappa shape index (κ3) is 3.65. The van der Waals surface area contributed by atoms with Crippen LogP contribution in [0.5, 0.6) is 0 Å². The minimum absolute atomic E-state index is 0.163. The average molecular weight is 320 g/mol. The number of hydrogen-bond acceptors (Lipinski definition) is 2. The van der Waals surface area contributed by atoms with Crippen LogP contribution in [0.25, 0.3) is 21.5 Å². The van der Waals surface area contributed by atoms with E-state index < -0.39 is 0 Å². The molecule has 3 rings (SSSR count). The molecule has 2 heteroatoms. The molecule has 0 heterocycles. The van der Waals surface area contributed by atoms with E-state index in [2.05, 4.69) is 62.0 Å². The van der Waals surface area contributed by atoms with Crippen molar-refractivity contribution in [1.82, 2.24) is 0 Å². The van der Waals surface area contributed by atoms with Gasteiger partial charge in [0, 0.05) is 6.42 Å². The van der Waals surface area contributed by atoms with Crippen molar-refractivity contribution in [2.45, 2.75) is 26.7 Å². The van der Waals surface area contributed by atoms with E-state index in [-0.39, 0.29) is 5.97 Å². The summed E-state index contributed by atoms with van der Waals surface area (Å²) in [6.45, 7) is 7.41. The van der Waals surface area contributed by atoms with Crippen molar-refractivity contribution >= 4 is 27.5 Å². The largest absolute Gasteiger partial charge is 0.469 e. The lowest BCUT2D eigenvalue weighted by Gasteiger charge is -2.14. The second-order valence-electron chi connectivity index (χ2n) is 5.68. The zero-order chi connectivity index (χ0) is 17.5. The van der Waals surface area contributed by atoms with Crippen molar-refractivity contribution in [1.29, 1.82) is 0 Å². The van der Waals surface area contributed by atoms with Gasteiger partial charge in [0.05, 0.1) is 7.11 Å². The summed E-state index contributed by atoms with van der Waals surface area (Å²) in [5.41, 5.74) is 2.53. The molecule has 2 nitrogen and oxygen atoms in total. The van der Waals surface area contributed by atoms with Crippen LogP contribution in [-0.2, 0) is 16.0 Å². The molecular formula is C22H24O2. The van der Waals surface area contributed by atoms with Gasteiger partial charge in [0.15, 0.2) is 0 Å². The van der Waals surface area contributed by atoms with Crippen molar-refractivity contribution in [2.75, 3.05) is 7.11 Å². The molecule has 0 amide bonds. The van der Waals surface area contributed by atoms with Crippen LogP contribution in [0.4, 0.5) is 0 Å². The minimum Gasteiger partial charge on any atom is -0.469 e. The molecule has 0 N–H and O–H groups in total. The molecule has 0 radical (unpaired) electrons. The Kier molecular flexibility index (Phi) is 6.14. The van der Waals surface area contributed by atoms with E-state index in [4.69, 9.17) is 4.74 Å². The number of rotatable bonds is 3. The molecule has 0 aromatic heterocycles. The Bertz CT molecular complexity index is 805. The minimum atomic E-state index is -0.163. The number of hydrogen-bond donors (Lipinski definition) is 0. The molecule has 0 unspecified atom stereocenters. The van der Waals surface area contributed by atoms with Gasteiger partial charge in [-0.3, -0.25) is 4.79 Å². The normalized spacial score (nSPS) is 10.1. The number of aryl methyl sites for hydroxylation is 2. The van der Waals surface area contributed by atoms with E-state index in [9.17, 15) is 4.79 Å². The first-order valence-corrected chi connectivity index (χ1v) is 8.16. The topological polar surface area (TPSA) is 26.3 Å². The van der Waals surface area contributed by atoms with Gasteiger partial charge in [-0.1, -0.05) is 54.6 Å². The molecule has 124 valence electrons. The van der Waals surface area contributed by atoms with Gasteiger partial charge in [-0.25, -0.2) is 0 Å². The van der Waals surface area contributed by atoms with E-state index >= 15 is 0 Å². The van der Waals surface area contributed by atoms with E-state index in [1.807, 2.05) is 6.92 Å². The van der Waals surface area contributed by atoms with Gasteiger partial charge >= 0.3 is 5.97 Å². The highest BCUT2D eigenvalue weighted by molar-refractivity contribution is 6.05. The van der Waals surface area contributed by atoms with Gasteiger partial charge in [-0.05, 0) is 52.9 Å². The number of methoxy groups -OCH3 is 1. The molecule has 0 fully saturated rings. The van der Waals surface area contributed by atoms with E-state index in [1.165, 1.54) is 39.8 Å². The van der Waals surface area contributed by atoms with Crippen LogP contribution < -0.4 is 0 Å². The maximum Gasteiger partial charge on any atom is 0.305 e. The maximum atomic E-state index is 11.5. The number of benzene rings is 3. The molecule has 3 aromatic carbocycles. The molecule has 0 aliphatic carbocycles. The Morgan fingerprint density at radius 1 is 1.00 bits per heavy atom. The highest BCUT2D eigenvalue weighted by Crippen LogP contribution is 2.33. The van der Waals surface area contributed by atoms with Crippen LogP contribution in [0, 0.1) is 6.92 Å². The summed E-state index contributed by atoms with van der Waals surface area (Å²) in [5, 5.41) is 4.99. The number of allylic oxidation sites excluding steroid dienone is 1. The Morgan fingerprint density at radius 2 is 1.42 bits per heavy atom. The zero-order valence-corrected chi connectivity index (χ0v) is 14.6. The smallest absolute Gasteiger partial charge is 0.305 e. The fourth-order valence-electron chi connectivity index (χ4n) is 3.04. The molecule has 0 aliphatic heterocycles. The average Bonchev–Trinajstić information content (AvgIpc) is 2.62. The molecule has 0 atom stereocenters. The zero-order valence-electron chi connectivity index (χ0n) is 14.6. The van der Waals surface area contributed by atoms with Gasteiger partial charge in [0.2, 0.25) is 0 Å². The van der Waals surface area contributed by atoms with Gasteiger partial charge < -0.3 is 4.74 Å². The quantitative estimate of drug-likeness (QED) is 0.357. The first-order chi connectivity index (χ1) is 11.6. The number of carbonyl (C=O) groups is 1. The molecule has 0 bridgehead atoms. The Labute approximate surface area is 143 Å². The van der Waals surface area contributed by atoms with Gasteiger partial charge in [-0.15, -0.1) is 6.58 Å². The molecule has 3 aromatic rings. The summed E-state index contributed by atoms with van der Waals surface area (Å²) in [6, 6.07) is 16.8. The predicted octanol–water partition coefficient (Wildman–Crippen LogP) is 5.60.